The molecule has 1 unspecified atom stereocenters. The minimum atomic E-state index is -4.32. The summed E-state index contributed by atoms with van der Waals surface area (Å²) < 4.78 is 40.5. The van der Waals surface area contributed by atoms with Crippen LogP contribution in [0.15, 0.2) is 12.3 Å². The molecule has 0 amide bonds. The molecule has 1 aromatic rings. The van der Waals surface area contributed by atoms with Gasteiger partial charge in [0.25, 0.3) is 0 Å². The van der Waals surface area contributed by atoms with Crippen LogP contribution in [0.2, 0.25) is 5.02 Å². The lowest BCUT2D eigenvalue weighted by atomic mass is 10.1. The van der Waals surface area contributed by atoms with Gasteiger partial charge >= 0.3 is 6.18 Å². The Labute approximate surface area is 120 Å². The Hall–Kier alpha value is -1.05. The molecule has 1 heterocycles. The highest BCUT2D eigenvalue weighted by atomic mass is 35.5. The third kappa shape index (κ3) is 5.94. The van der Waals surface area contributed by atoms with Gasteiger partial charge in [-0.3, -0.25) is 0 Å². The average Bonchev–Trinajstić information content (AvgIpc) is 2.35. The molecule has 0 aromatic carbocycles. The first-order valence-electron chi connectivity index (χ1n) is 6.12. The Morgan fingerprint density at radius 2 is 2.20 bits per heavy atom. The number of ether oxygens (including phenoxy) is 1. The van der Waals surface area contributed by atoms with Gasteiger partial charge in [0.05, 0.1) is 5.02 Å². The molecule has 0 spiro atoms. The van der Waals surface area contributed by atoms with E-state index in [0.29, 0.717) is 29.4 Å². The molecule has 0 aliphatic heterocycles. The van der Waals surface area contributed by atoms with Gasteiger partial charge in [0.15, 0.2) is 0 Å². The van der Waals surface area contributed by atoms with E-state index in [9.17, 15) is 13.2 Å². The first-order chi connectivity index (χ1) is 9.33. The number of pyridine rings is 1. The predicted molar refractivity (Wildman–Crippen MR) is 71.6 cm³/mol. The monoisotopic (exact) mass is 311 g/mol. The van der Waals surface area contributed by atoms with Crippen molar-refractivity contribution in [2.75, 3.05) is 25.5 Å². The number of hydrogen-bond acceptors (Lipinski definition) is 4. The van der Waals surface area contributed by atoms with Crippen molar-refractivity contribution in [3.05, 3.63) is 22.8 Å². The number of halogens is 4. The van der Waals surface area contributed by atoms with Crippen LogP contribution in [0.5, 0.6) is 0 Å². The van der Waals surface area contributed by atoms with Crippen LogP contribution >= 0.6 is 11.6 Å². The van der Waals surface area contributed by atoms with Crippen molar-refractivity contribution in [3.63, 3.8) is 0 Å². The van der Waals surface area contributed by atoms with Crippen LogP contribution in [0, 0.1) is 0 Å². The molecular weight excluding hydrogens is 295 g/mol. The molecule has 0 fully saturated rings. The number of aromatic nitrogens is 1. The molecule has 1 atom stereocenters. The molecular formula is C12H17ClF3N3O. The summed E-state index contributed by atoms with van der Waals surface area (Å²) in [6.07, 6.45) is -2.55. The molecule has 1 aromatic heterocycles. The molecule has 0 aliphatic rings. The van der Waals surface area contributed by atoms with Gasteiger partial charge in [-0.15, -0.1) is 0 Å². The molecule has 0 bridgehead atoms. The van der Waals surface area contributed by atoms with Gasteiger partial charge in [-0.25, -0.2) is 4.98 Å². The largest absolute Gasteiger partial charge is 0.411 e. The Bertz CT molecular complexity index is 429. The Kier molecular flexibility index (Phi) is 6.51. The van der Waals surface area contributed by atoms with Crippen molar-refractivity contribution in [1.82, 2.24) is 10.3 Å². The fourth-order valence-electron chi connectivity index (χ4n) is 1.75. The molecule has 0 aliphatic carbocycles. The molecule has 20 heavy (non-hydrogen) atoms. The van der Waals surface area contributed by atoms with Crippen LogP contribution in [0.4, 0.5) is 19.0 Å². The number of hydrogen-bond donors (Lipinski definition) is 2. The summed E-state index contributed by atoms with van der Waals surface area (Å²) in [5, 5.41) is 3.55. The number of anilines is 1. The van der Waals surface area contributed by atoms with E-state index in [1.165, 1.54) is 6.20 Å². The van der Waals surface area contributed by atoms with Crippen LogP contribution < -0.4 is 11.1 Å². The van der Waals surface area contributed by atoms with E-state index in [1.54, 1.807) is 6.07 Å². The quantitative estimate of drug-likeness (QED) is 0.760. The molecule has 0 radical (unpaired) electrons. The van der Waals surface area contributed by atoms with E-state index in [4.69, 9.17) is 17.3 Å². The second kappa shape index (κ2) is 7.66. The van der Waals surface area contributed by atoms with Crippen LogP contribution in [-0.2, 0) is 4.74 Å². The van der Waals surface area contributed by atoms with E-state index in [2.05, 4.69) is 15.0 Å². The number of nitrogen functional groups attached to an aromatic ring is 1. The Morgan fingerprint density at radius 3 is 2.80 bits per heavy atom. The van der Waals surface area contributed by atoms with Crippen LogP contribution in [0.3, 0.4) is 0 Å². The van der Waals surface area contributed by atoms with Crippen LogP contribution in [0.1, 0.15) is 24.9 Å². The van der Waals surface area contributed by atoms with Gasteiger partial charge in [0.2, 0.25) is 0 Å². The molecule has 3 N–H and O–H groups in total. The Morgan fingerprint density at radius 1 is 1.50 bits per heavy atom. The van der Waals surface area contributed by atoms with E-state index in [1.807, 2.05) is 6.92 Å². The third-order valence-corrected chi connectivity index (χ3v) is 2.77. The first-order valence-corrected chi connectivity index (χ1v) is 6.50. The maximum Gasteiger partial charge on any atom is 0.411 e. The molecule has 0 saturated carbocycles. The second-order valence-corrected chi connectivity index (χ2v) is 4.63. The number of rotatable bonds is 7. The van der Waals surface area contributed by atoms with Gasteiger partial charge in [-0.1, -0.05) is 18.5 Å². The van der Waals surface area contributed by atoms with Gasteiger partial charge < -0.3 is 15.8 Å². The maximum absolute atomic E-state index is 12.0. The zero-order valence-electron chi connectivity index (χ0n) is 11.0. The van der Waals surface area contributed by atoms with Crippen molar-refractivity contribution in [2.45, 2.75) is 25.6 Å². The number of nitrogens with one attached hydrogen (secondary N) is 1. The van der Waals surface area contributed by atoms with Crippen molar-refractivity contribution in [3.8, 4) is 0 Å². The smallest absolute Gasteiger partial charge is 0.383 e. The van der Waals surface area contributed by atoms with Gasteiger partial charge in [-0.2, -0.15) is 13.2 Å². The van der Waals surface area contributed by atoms with Gasteiger partial charge in [-0.05, 0) is 19.0 Å². The fraction of sp³-hybridized carbons (Fsp3) is 0.583. The lowest BCUT2D eigenvalue weighted by Crippen LogP contribution is -2.25. The highest BCUT2D eigenvalue weighted by Crippen LogP contribution is 2.25. The second-order valence-electron chi connectivity index (χ2n) is 4.19. The minimum absolute atomic E-state index is 0.0386. The predicted octanol–water partition coefficient (Wildman–Crippen LogP) is 2.94. The Balaban J connectivity index is 2.62. The normalized spacial score (nSPS) is 13.4. The number of nitrogens with two attached hydrogens (primary N) is 1. The van der Waals surface area contributed by atoms with Gasteiger partial charge in [0.1, 0.15) is 12.4 Å². The van der Waals surface area contributed by atoms with E-state index in [-0.39, 0.29) is 12.6 Å². The minimum Gasteiger partial charge on any atom is -0.383 e. The van der Waals surface area contributed by atoms with Crippen molar-refractivity contribution >= 4 is 17.4 Å². The lowest BCUT2D eigenvalue weighted by molar-refractivity contribution is -0.174. The molecule has 0 saturated heterocycles. The summed E-state index contributed by atoms with van der Waals surface area (Å²) in [4.78, 5) is 3.93. The maximum atomic E-state index is 12.0. The van der Waals surface area contributed by atoms with E-state index >= 15 is 0 Å². The number of nitrogens with zero attached hydrogens (tertiary/aromatic N) is 1. The van der Waals surface area contributed by atoms with Crippen molar-refractivity contribution in [1.29, 1.82) is 0 Å². The van der Waals surface area contributed by atoms with Crippen LogP contribution in [0.25, 0.3) is 0 Å². The summed E-state index contributed by atoms with van der Waals surface area (Å²) >= 11 is 5.86. The molecule has 114 valence electrons. The topological polar surface area (TPSA) is 60.2 Å². The SMILES string of the molecule is CCNC(CCOCC(F)(F)F)c1cc(Cl)cnc1N. The summed E-state index contributed by atoms with van der Waals surface area (Å²) in [6.45, 7) is 1.23. The first kappa shape index (κ1) is 17.0. The van der Waals surface area contributed by atoms with Crippen molar-refractivity contribution < 1.29 is 17.9 Å². The van der Waals surface area contributed by atoms with Crippen molar-refractivity contribution in [2.24, 2.45) is 0 Å². The van der Waals surface area contributed by atoms with Crippen LogP contribution in [-0.4, -0.2) is 30.9 Å². The molecule has 4 nitrogen and oxygen atoms in total. The fourth-order valence-corrected chi connectivity index (χ4v) is 1.91. The number of alkyl halides is 3. The van der Waals surface area contributed by atoms with E-state index < -0.39 is 12.8 Å². The highest BCUT2D eigenvalue weighted by Gasteiger charge is 2.27. The summed E-state index contributed by atoms with van der Waals surface area (Å²) in [6, 6.07) is 1.40. The van der Waals surface area contributed by atoms with E-state index in [0.717, 1.165) is 0 Å². The van der Waals surface area contributed by atoms with Gasteiger partial charge in [0, 0.05) is 24.4 Å². The average molecular weight is 312 g/mol. The molecule has 1 rings (SSSR count). The summed E-state index contributed by atoms with van der Waals surface area (Å²) in [5.41, 5.74) is 6.43. The zero-order chi connectivity index (χ0) is 15.2. The zero-order valence-corrected chi connectivity index (χ0v) is 11.8. The standard InChI is InChI=1S/C12H17ClF3N3O/c1-2-18-10(3-4-20-7-12(14,15)16)9-5-8(13)6-19-11(9)17/h5-6,10,18H,2-4,7H2,1H3,(H2,17,19). The molecule has 8 heteroatoms. The highest BCUT2D eigenvalue weighted by molar-refractivity contribution is 6.30. The third-order valence-electron chi connectivity index (χ3n) is 2.56. The lowest BCUT2D eigenvalue weighted by Gasteiger charge is -2.20. The summed E-state index contributed by atoms with van der Waals surface area (Å²) in [5.74, 6) is 0.302. The summed E-state index contributed by atoms with van der Waals surface area (Å²) in [7, 11) is 0.